The van der Waals surface area contributed by atoms with Crippen LogP contribution < -0.4 is 0 Å². The largest absolute Gasteiger partial charge is 0.469 e. The van der Waals surface area contributed by atoms with E-state index in [1.54, 1.807) is 31.4 Å². The summed E-state index contributed by atoms with van der Waals surface area (Å²) in [7, 11) is -5.10. The third-order valence-corrected chi connectivity index (χ3v) is 30.5. The Balaban J connectivity index is 0.848. The molecular weight excluding hydrogens is 1040 g/mol. The summed E-state index contributed by atoms with van der Waals surface area (Å²) < 4.78 is 108. The lowest BCUT2D eigenvalue weighted by atomic mass is 9.83. The van der Waals surface area contributed by atoms with Crippen LogP contribution in [0.2, 0.25) is 36.3 Å². The lowest BCUT2D eigenvalue weighted by Crippen LogP contribution is -2.61. The van der Waals surface area contributed by atoms with Crippen LogP contribution in [-0.2, 0) is 70.9 Å². The average molecular weight is 1130 g/mol. The third kappa shape index (κ3) is 12.9. The van der Waals surface area contributed by atoms with Gasteiger partial charge in [0.05, 0.1) is 97.9 Å². The van der Waals surface area contributed by atoms with Crippen LogP contribution in [-0.4, -0.2) is 161 Å². The van der Waals surface area contributed by atoms with Gasteiger partial charge in [0.15, 0.2) is 32.3 Å². The first-order valence-electron chi connectivity index (χ1n) is 28.9. The smallest absolute Gasteiger partial charge is 0.308 e. The number of benzene rings is 1. The number of ether oxygens (including phenoxy) is 10. The van der Waals surface area contributed by atoms with Gasteiger partial charge in [-0.3, -0.25) is 4.79 Å². The van der Waals surface area contributed by atoms with E-state index in [0.717, 1.165) is 49.7 Å². The molecule has 9 heterocycles. The van der Waals surface area contributed by atoms with Gasteiger partial charge in [0.25, 0.3) is 0 Å². The van der Waals surface area contributed by atoms with Crippen molar-refractivity contribution in [2.75, 3.05) is 26.6 Å². The molecule has 0 aromatic heterocycles. The molecule has 10 rings (SSSR count). The Morgan fingerprint density at radius 1 is 0.766 bits per heavy atom. The Morgan fingerprint density at radius 3 is 2.13 bits per heavy atom. The summed E-state index contributed by atoms with van der Waals surface area (Å²) in [4.78, 5) is 12.5. The number of esters is 1. The minimum atomic E-state index is -3.73. The van der Waals surface area contributed by atoms with E-state index in [9.17, 15) is 13.2 Å². The van der Waals surface area contributed by atoms with Crippen molar-refractivity contribution in [1.29, 1.82) is 0 Å². The Morgan fingerprint density at radius 2 is 1.44 bits per heavy atom. The average Bonchev–Trinajstić information content (AvgIpc) is 4.05. The molecule has 0 aliphatic carbocycles. The molecule has 1 aromatic carbocycles. The van der Waals surface area contributed by atoms with E-state index >= 15 is 0 Å². The first-order valence-corrected chi connectivity index (χ1v) is 36.4. The number of carbonyl (C=O) groups excluding carboxylic acids is 1. The molecule has 6 bridgehead atoms. The lowest BCUT2D eigenvalue weighted by Gasteiger charge is -2.47. The molecule has 0 saturated carbocycles. The quantitative estimate of drug-likeness (QED) is 0.0649. The van der Waals surface area contributed by atoms with E-state index in [2.05, 4.69) is 87.8 Å². The van der Waals surface area contributed by atoms with E-state index < -0.39 is 56.5 Å². The SMILES string of the molecule is C=C1C[C@H](CC[C@]23C[C@H]4O[C@H]5[C@@H](O2)[C@H]2O[C@@H](CC(=O)OC)CC[C@@H]2O[C@H]5[C@H]4O3)O[C@H]1CC[C@H]1C[C@@H](C)C(=C)[C@@H](C[C@@H]2O[C@H](C[C@@H](CO[Si](C)(C)C(C)(C)C)O[Si](C)(C)C(C)(C)C)[C@H](OC)[C@H]2CS(=O)(=O)c2ccccc2)O1. The first-order chi connectivity index (χ1) is 36.1. The molecule has 0 spiro atoms. The topological polar surface area (TPSA) is 162 Å². The van der Waals surface area contributed by atoms with Gasteiger partial charge >= 0.3 is 5.97 Å². The van der Waals surface area contributed by atoms with Crippen molar-refractivity contribution in [1.82, 2.24) is 0 Å². The molecule has 0 N–H and O–H groups in total. The van der Waals surface area contributed by atoms with Crippen LogP contribution >= 0.6 is 0 Å². The molecule has 9 aliphatic rings. The second-order valence-electron chi connectivity index (χ2n) is 27.0. The minimum absolute atomic E-state index is 0.0117. The molecule has 9 fully saturated rings. The highest BCUT2D eigenvalue weighted by molar-refractivity contribution is 7.91. The fraction of sp³-hybridized carbons (Fsp3) is 0.814. The zero-order chi connectivity index (χ0) is 55.6. The Hall–Kier alpha value is -1.89. The third-order valence-electron chi connectivity index (χ3n) is 19.6. The molecule has 18 heteroatoms. The number of carbonyl (C=O) groups is 1. The van der Waals surface area contributed by atoms with Crippen molar-refractivity contribution in [3.63, 3.8) is 0 Å². The van der Waals surface area contributed by atoms with Crippen LogP contribution in [0.3, 0.4) is 0 Å². The van der Waals surface area contributed by atoms with Crippen LogP contribution in [0.15, 0.2) is 59.5 Å². The molecule has 77 heavy (non-hydrogen) atoms. The van der Waals surface area contributed by atoms with E-state index in [0.29, 0.717) is 38.7 Å². The predicted molar refractivity (Wildman–Crippen MR) is 297 cm³/mol. The minimum Gasteiger partial charge on any atom is -0.469 e. The van der Waals surface area contributed by atoms with Crippen LogP contribution in [0.5, 0.6) is 0 Å². The van der Waals surface area contributed by atoms with Crippen LogP contribution in [0.25, 0.3) is 0 Å². The molecular formula is C59H94O15SSi2. The van der Waals surface area contributed by atoms with Crippen molar-refractivity contribution < 1.29 is 69.4 Å². The molecule has 19 atom stereocenters. The van der Waals surface area contributed by atoms with Gasteiger partial charge in [0.2, 0.25) is 0 Å². The van der Waals surface area contributed by atoms with Crippen molar-refractivity contribution in [3.05, 3.63) is 54.6 Å². The van der Waals surface area contributed by atoms with Gasteiger partial charge in [0.1, 0.15) is 30.5 Å². The van der Waals surface area contributed by atoms with E-state index in [4.69, 9.17) is 56.2 Å². The molecule has 0 amide bonds. The Bertz CT molecular complexity index is 2350. The lowest BCUT2D eigenvalue weighted by molar-refractivity contribution is -0.293. The highest BCUT2D eigenvalue weighted by atomic mass is 32.2. The summed E-state index contributed by atoms with van der Waals surface area (Å²) in [5.74, 6) is -1.58. The fourth-order valence-corrected chi connectivity index (χ4v) is 17.1. The van der Waals surface area contributed by atoms with Crippen LogP contribution in [0.4, 0.5) is 0 Å². The number of rotatable bonds is 21. The molecule has 15 nitrogen and oxygen atoms in total. The van der Waals surface area contributed by atoms with Crippen molar-refractivity contribution in [3.8, 4) is 0 Å². The monoisotopic (exact) mass is 1130 g/mol. The zero-order valence-corrected chi connectivity index (χ0v) is 51.4. The maximum Gasteiger partial charge on any atom is 0.308 e. The second-order valence-corrected chi connectivity index (χ2v) is 38.6. The van der Waals surface area contributed by atoms with E-state index in [1.807, 2.05) is 6.07 Å². The number of hydrogen-bond donors (Lipinski definition) is 0. The number of sulfone groups is 1. The zero-order valence-electron chi connectivity index (χ0n) is 48.6. The molecule has 9 saturated heterocycles. The molecule has 434 valence electrons. The van der Waals surface area contributed by atoms with Crippen LogP contribution in [0.1, 0.15) is 126 Å². The van der Waals surface area contributed by atoms with Gasteiger partial charge < -0.3 is 56.2 Å². The number of methoxy groups -OCH3 is 2. The predicted octanol–water partition coefficient (Wildman–Crippen LogP) is 10.2. The molecule has 1 aromatic rings. The van der Waals surface area contributed by atoms with Crippen LogP contribution in [0, 0.1) is 11.8 Å². The van der Waals surface area contributed by atoms with Crippen molar-refractivity contribution in [2.24, 2.45) is 11.8 Å². The first kappa shape index (κ1) is 59.7. The summed E-state index contributed by atoms with van der Waals surface area (Å²) >= 11 is 0. The fourth-order valence-electron chi connectivity index (χ4n) is 13.0. The highest BCUT2D eigenvalue weighted by Gasteiger charge is 2.69. The van der Waals surface area contributed by atoms with E-state index in [1.165, 1.54) is 7.11 Å². The van der Waals surface area contributed by atoms with Crippen molar-refractivity contribution >= 4 is 32.4 Å². The standard InChI is InChI=1S/C59H94O15SSi2/c1-35-27-38(21-23-44-36(2)28-40(66-44)25-26-59-32-49-53(72-59)54-55(71-49)56(73-59)52-45(70-54)24-22-39(68-52)30-50(60)63-10)67-46(37(35)3)31-47-43(34-75(61,62)42-19-17-16-18-20-42)51(64-11)48(69-47)29-41(74-77(14,15)58(7,8)9)33-65-76(12,13)57(4,5)6/h16-20,35,38-41,43-49,51-56H,2-3,21-34H2,1,4-15H3/t35-,38+,39-,40+,41+,43+,44+,45+,46-,47+,48-,49-,51-,52+,53+,54+,55-,56+,59-/m1/s1. The van der Waals surface area contributed by atoms with Gasteiger partial charge in [-0.2, -0.15) is 0 Å². The second kappa shape index (κ2) is 23.0. The Labute approximate surface area is 463 Å². The van der Waals surface area contributed by atoms with Gasteiger partial charge in [-0.15, -0.1) is 0 Å². The summed E-state index contributed by atoms with van der Waals surface area (Å²) in [6.07, 6.45) is 3.45. The van der Waals surface area contributed by atoms with Gasteiger partial charge in [-0.1, -0.05) is 79.8 Å². The van der Waals surface area contributed by atoms with Gasteiger partial charge in [-0.05, 0) is 110 Å². The maximum atomic E-state index is 14.3. The number of fused-ring (bicyclic) bond motifs is 1. The molecule has 9 aliphatic heterocycles. The maximum absolute atomic E-state index is 14.3. The van der Waals surface area contributed by atoms with Gasteiger partial charge in [-0.25, -0.2) is 8.42 Å². The van der Waals surface area contributed by atoms with E-state index in [-0.39, 0.29) is 118 Å². The molecule has 0 unspecified atom stereocenters. The normalized spacial score (nSPS) is 38.7. The molecule has 0 radical (unpaired) electrons. The summed E-state index contributed by atoms with van der Waals surface area (Å²) in [5, 5.41) is -0.0288. The van der Waals surface area contributed by atoms with Gasteiger partial charge in [0, 0.05) is 38.7 Å². The highest BCUT2D eigenvalue weighted by Crippen LogP contribution is 2.55. The summed E-state index contributed by atoms with van der Waals surface area (Å²) in [6.45, 7) is 34.3. The summed E-state index contributed by atoms with van der Waals surface area (Å²) in [5.41, 5.74) is 2.08. The summed E-state index contributed by atoms with van der Waals surface area (Å²) in [6, 6.07) is 8.69. The Kier molecular flexibility index (Phi) is 17.9. The van der Waals surface area contributed by atoms with Crippen molar-refractivity contribution in [2.45, 2.75) is 270 Å². The number of hydrogen-bond acceptors (Lipinski definition) is 15.